The summed E-state index contributed by atoms with van der Waals surface area (Å²) in [6.45, 7) is -0.540. The van der Waals surface area contributed by atoms with Crippen molar-refractivity contribution in [3.8, 4) is 0 Å². The molecular weight excluding hydrogens is 626 g/mol. The number of hydrogen-bond donors (Lipinski definition) is 1. The van der Waals surface area contributed by atoms with Gasteiger partial charge in [-0.2, -0.15) is 0 Å². The van der Waals surface area contributed by atoms with Crippen LogP contribution in [0.15, 0.2) is 119 Å². The van der Waals surface area contributed by atoms with Gasteiger partial charge in [-0.3, -0.25) is 13.9 Å². The fourth-order valence-corrected chi connectivity index (χ4v) is 6.42. The number of nitrogens with zero attached hydrogens (tertiary/aromatic N) is 2. The molecule has 0 radical (unpaired) electrons. The van der Waals surface area contributed by atoms with Gasteiger partial charge in [-0.05, 0) is 47.5 Å². The molecule has 7 nitrogen and oxygen atoms in total. The van der Waals surface area contributed by atoms with Crippen molar-refractivity contribution in [3.05, 3.63) is 130 Å². The van der Waals surface area contributed by atoms with Gasteiger partial charge in [0.2, 0.25) is 11.8 Å². The molecule has 1 N–H and O–H groups in total. The lowest BCUT2D eigenvalue weighted by Gasteiger charge is -2.33. The number of nitrogens with one attached hydrogen (secondary N) is 1. The van der Waals surface area contributed by atoms with E-state index < -0.39 is 28.5 Å². The van der Waals surface area contributed by atoms with Gasteiger partial charge in [-0.25, -0.2) is 8.42 Å². The molecule has 4 aromatic rings. The van der Waals surface area contributed by atoms with Crippen molar-refractivity contribution in [3.63, 3.8) is 0 Å². The number of anilines is 1. The third-order valence-corrected chi connectivity index (χ3v) is 9.17. The van der Waals surface area contributed by atoms with Crippen molar-refractivity contribution in [1.82, 2.24) is 10.2 Å². The van der Waals surface area contributed by atoms with Crippen LogP contribution in [-0.4, -0.2) is 44.8 Å². The minimum atomic E-state index is -4.15. The molecule has 0 fully saturated rings. The lowest BCUT2D eigenvalue weighted by molar-refractivity contribution is -0.139. The van der Waals surface area contributed by atoms with E-state index in [-0.39, 0.29) is 23.8 Å². The second-order valence-electron chi connectivity index (χ2n) is 9.24. The van der Waals surface area contributed by atoms with Gasteiger partial charge in [0.25, 0.3) is 10.0 Å². The highest BCUT2D eigenvalue weighted by molar-refractivity contribution is 9.10. The first-order chi connectivity index (χ1) is 19.7. The molecule has 0 saturated carbocycles. The molecule has 0 aliphatic heterocycles. The second kappa shape index (κ2) is 13.8. The summed E-state index contributed by atoms with van der Waals surface area (Å²) in [4.78, 5) is 29.0. The molecule has 0 saturated heterocycles. The fraction of sp³-hybridized carbons (Fsp3) is 0.161. The highest BCUT2D eigenvalue weighted by Crippen LogP contribution is 2.28. The van der Waals surface area contributed by atoms with Crippen LogP contribution in [0.5, 0.6) is 0 Å². The van der Waals surface area contributed by atoms with Gasteiger partial charge in [-0.1, -0.05) is 100 Å². The average molecular weight is 655 g/mol. The highest BCUT2D eigenvalue weighted by atomic mass is 79.9. The van der Waals surface area contributed by atoms with Crippen LogP contribution < -0.4 is 9.62 Å². The SMILES string of the molecule is CNC(=O)C(Cc1ccccc1)N(Cc1ccccc1Cl)C(=O)CN(c1cccc(Br)c1)S(=O)(=O)c1ccccc1. The number of carbonyl (C=O) groups excluding carboxylic acids is 2. The lowest BCUT2D eigenvalue weighted by atomic mass is 10.0. The number of carbonyl (C=O) groups is 2. The Morgan fingerprint density at radius 2 is 1.51 bits per heavy atom. The van der Waals surface area contributed by atoms with Crippen LogP contribution in [0.2, 0.25) is 5.02 Å². The average Bonchev–Trinajstić information content (AvgIpc) is 2.99. The molecule has 1 unspecified atom stereocenters. The molecule has 0 spiro atoms. The molecule has 0 heterocycles. The van der Waals surface area contributed by atoms with Crippen molar-refractivity contribution in [1.29, 1.82) is 0 Å². The molecule has 2 amide bonds. The smallest absolute Gasteiger partial charge is 0.264 e. The zero-order valence-electron chi connectivity index (χ0n) is 22.3. The predicted octanol–water partition coefficient (Wildman–Crippen LogP) is 5.68. The minimum Gasteiger partial charge on any atom is -0.357 e. The molecule has 212 valence electrons. The molecule has 0 aliphatic rings. The second-order valence-corrected chi connectivity index (χ2v) is 12.4. The number of amides is 2. The number of hydrogen-bond acceptors (Lipinski definition) is 4. The van der Waals surface area contributed by atoms with E-state index in [0.717, 1.165) is 9.87 Å². The number of rotatable bonds is 11. The molecule has 4 aromatic carbocycles. The van der Waals surface area contributed by atoms with Crippen molar-refractivity contribution >= 4 is 55.1 Å². The van der Waals surface area contributed by atoms with Crippen LogP contribution in [0.4, 0.5) is 5.69 Å². The fourth-order valence-electron chi connectivity index (χ4n) is 4.41. The monoisotopic (exact) mass is 653 g/mol. The van der Waals surface area contributed by atoms with Gasteiger partial charge in [0.05, 0.1) is 10.6 Å². The Balaban J connectivity index is 1.79. The summed E-state index contributed by atoms with van der Waals surface area (Å²) in [6, 6.07) is 30.1. The van der Waals surface area contributed by atoms with E-state index >= 15 is 0 Å². The number of halogens is 2. The summed E-state index contributed by atoms with van der Waals surface area (Å²) in [7, 11) is -2.65. The maximum atomic E-state index is 14.2. The van der Waals surface area contributed by atoms with Crippen molar-refractivity contribution in [2.75, 3.05) is 17.9 Å². The predicted molar refractivity (Wildman–Crippen MR) is 165 cm³/mol. The maximum absolute atomic E-state index is 14.2. The van der Waals surface area contributed by atoms with Gasteiger partial charge in [0.1, 0.15) is 12.6 Å². The van der Waals surface area contributed by atoms with Gasteiger partial charge in [0.15, 0.2) is 0 Å². The summed E-state index contributed by atoms with van der Waals surface area (Å²) < 4.78 is 29.5. The standard InChI is InChI=1S/C31H29BrClN3O4S/c1-34-31(38)29(19-23-11-4-2-5-12-23)35(21-24-13-8-9-18-28(24)33)30(37)22-36(26-15-10-14-25(32)20-26)41(39,40)27-16-6-3-7-17-27/h2-18,20,29H,19,21-22H2,1H3,(H,34,38). The summed E-state index contributed by atoms with van der Waals surface area (Å²) in [5.74, 6) is -0.942. The summed E-state index contributed by atoms with van der Waals surface area (Å²) in [5, 5.41) is 3.10. The number of benzene rings is 4. The van der Waals surface area contributed by atoms with E-state index in [1.54, 1.807) is 66.7 Å². The first kappa shape index (κ1) is 30.3. The molecule has 0 aromatic heterocycles. The third kappa shape index (κ3) is 7.55. The quantitative estimate of drug-likeness (QED) is 0.225. The largest absolute Gasteiger partial charge is 0.357 e. The van der Waals surface area contributed by atoms with Gasteiger partial charge >= 0.3 is 0 Å². The molecule has 10 heteroatoms. The Bertz CT molecular complexity index is 1600. The molecule has 0 bridgehead atoms. The van der Waals surface area contributed by atoms with E-state index in [4.69, 9.17) is 11.6 Å². The van der Waals surface area contributed by atoms with Crippen molar-refractivity contribution < 1.29 is 18.0 Å². The van der Waals surface area contributed by atoms with Crippen LogP contribution in [0.1, 0.15) is 11.1 Å². The summed E-state index contributed by atoms with van der Waals surface area (Å²) >= 11 is 9.88. The molecule has 4 rings (SSSR count). The zero-order valence-corrected chi connectivity index (χ0v) is 25.4. The third-order valence-electron chi connectivity index (χ3n) is 6.52. The lowest BCUT2D eigenvalue weighted by Crippen LogP contribution is -2.53. The van der Waals surface area contributed by atoms with E-state index in [2.05, 4.69) is 21.2 Å². The Kier molecular flexibility index (Phi) is 10.2. The van der Waals surface area contributed by atoms with Crippen LogP contribution in [0.25, 0.3) is 0 Å². The van der Waals surface area contributed by atoms with Crippen LogP contribution in [-0.2, 0) is 32.6 Å². The number of sulfonamides is 1. The van der Waals surface area contributed by atoms with Crippen molar-refractivity contribution in [2.45, 2.75) is 23.9 Å². The normalized spacial score (nSPS) is 11.9. The van der Waals surface area contributed by atoms with Gasteiger partial charge < -0.3 is 10.2 Å². The summed E-state index contributed by atoms with van der Waals surface area (Å²) in [5.41, 5.74) is 1.78. The zero-order chi connectivity index (χ0) is 29.4. The van der Waals surface area contributed by atoms with E-state index in [0.29, 0.717) is 20.7 Å². The molecular formula is C31H29BrClN3O4S. The summed E-state index contributed by atoms with van der Waals surface area (Å²) in [6.07, 6.45) is 0.221. The minimum absolute atomic E-state index is 0.00113. The number of likely N-dealkylation sites (N-methyl/N-ethyl adjacent to an activating group) is 1. The Morgan fingerprint density at radius 3 is 2.15 bits per heavy atom. The molecule has 1 atom stereocenters. The van der Waals surface area contributed by atoms with Crippen LogP contribution in [0.3, 0.4) is 0 Å². The highest BCUT2D eigenvalue weighted by Gasteiger charge is 2.34. The Morgan fingerprint density at radius 1 is 0.878 bits per heavy atom. The van der Waals surface area contributed by atoms with E-state index in [1.807, 2.05) is 30.3 Å². The van der Waals surface area contributed by atoms with Crippen molar-refractivity contribution in [2.24, 2.45) is 0 Å². The van der Waals surface area contributed by atoms with Crippen LogP contribution >= 0.6 is 27.5 Å². The van der Waals surface area contributed by atoms with Gasteiger partial charge in [-0.15, -0.1) is 0 Å². The van der Waals surface area contributed by atoms with Gasteiger partial charge in [0, 0.05) is 29.5 Å². The topological polar surface area (TPSA) is 86.8 Å². The maximum Gasteiger partial charge on any atom is 0.264 e. The molecule has 41 heavy (non-hydrogen) atoms. The van der Waals surface area contributed by atoms with E-state index in [1.165, 1.54) is 24.1 Å². The first-order valence-corrected chi connectivity index (χ1v) is 15.4. The van der Waals surface area contributed by atoms with E-state index in [9.17, 15) is 18.0 Å². The Labute approximate surface area is 253 Å². The first-order valence-electron chi connectivity index (χ1n) is 12.8. The molecule has 0 aliphatic carbocycles. The van der Waals surface area contributed by atoms with Crippen LogP contribution in [0, 0.1) is 0 Å². The Hall–Kier alpha value is -3.66.